The zero-order valence-corrected chi connectivity index (χ0v) is 41.8. The van der Waals surface area contributed by atoms with Crippen LogP contribution in [0.4, 0.5) is 68.2 Å². The van der Waals surface area contributed by atoms with E-state index in [1.54, 1.807) is 0 Å². The summed E-state index contributed by atoms with van der Waals surface area (Å²) in [4.78, 5) is 10.2. The van der Waals surface area contributed by atoms with E-state index < -0.39 is 0 Å². The zero-order chi connectivity index (χ0) is 50.3. The van der Waals surface area contributed by atoms with Crippen molar-refractivity contribution >= 4 is 114 Å². The molecular weight excluding hydrogens is 934 g/mol. The van der Waals surface area contributed by atoms with E-state index in [1.807, 2.05) is 0 Å². The van der Waals surface area contributed by atoms with Gasteiger partial charge in [0.2, 0.25) is 0 Å². The van der Waals surface area contributed by atoms with Gasteiger partial charge in [-0.3, -0.25) is 0 Å². The molecule has 0 atom stereocenters. The Kier molecular flexibility index (Phi) is 8.95. The topological polar surface area (TPSA) is 26.1 Å². The van der Waals surface area contributed by atoms with Gasteiger partial charge in [-0.25, -0.2) is 0 Å². The van der Waals surface area contributed by atoms with Crippen molar-refractivity contribution in [3.05, 3.63) is 267 Å². The van der Waals surface area contributed by atoms with Crippen molar-refractivity contribution in [3.63, 3.8) is 0 Å². The van der Waals surface area contributed by atoms with Crippen molar-refractivity contribution in [2.45, 2.75) is 0 Å². The minimum absolute atomic E-state index is 0.0914. The first-order chi connectivity index (χ1) is 38.3. The number of hydrogen-bond donors (Lipinski definition) is 0. The highest BCUT2D eigenvalue weighted by Crippen LogP contribution is 2.63. The van der Waals surface area contributed by atoms with Crippen LogP contribution in [-0.4, -0.2) is 13.4 Å². The lowest BCUT2D eigenvalue weighted by atomic mass is 9.31. The lowest BCUT2D eigenvalue weighted by Gasteiger charge is -2.51. The summed E-state index contributed by atoms with van der Waals surface area (Å²) >= 11 is 0. The van der Waals surface area contributed by atoms with Crippen LogP contribution in [0.25, 0.3) is 44.9 Å². The Hall–Kier alpha value is -9.97. The van der Waals surface area contributed by atoms with Gasteiger partial charge in [-0.15, -0.1) is 0 Å². The average Bonchev–Trinajstić information content (AvgIpc) is 4.14. The summed E-state index contributed by atoms with van der Waals surface area (Å²) in [5.74, 6) is 1.66. The first-order valence-corrected chi connectivity index (χ1v) is 26.7. The van der Waals surface area contributed by atoms with Gasteiger partial charge in [-0.2, -0.15) is 0 Å². The Morgan fingerprint density at radius 1 is 0.234 bits per heavy atom. The summed E-state index contributed by atoms with van der Waals surface area (Å²) in [6.07, 6.45) is 0. The van der Waals surface area contributed by atoms with Gasteiger partial charge in [0, 0.05) is 56.6 Å². The summed E-state index contributed by atoms with van der Waals surface area (Å²) in [5, 5.41) is 0. The molecule has 356 valence electrons. The van der Waals surface area contributed by atoms with Crippen LogP contribution in [0.1, 0.15) is 0 Å². The van der Waals surface area contributed by atoms with Gasteiger partial charge in [0.1, 0.15) is 11.4 Å². The third kappa shape index (κ3) is 5.97. The smallest absolute Gasteiger partial charge is 0.252 e. The molecule has 1 aromatic heterocycles. The number of para-hydroxylation sites is 2. The largest absolute Gasteiger partial charge is 0.452 e. The van der Waals surface area contributed by atoms with Gasteiger partial charge in [0.15, 0.2) is 11.5 Å². The Morgan fingerprint density at radius 2 is 0.610 bits per heavy atom. The first kappa shape index (κ1) is 42.4. The average molecular weight is 979 g/mol. The monoisotopic (exact) mass is 978 g/mol. The molecule has 0 saturated carbocycles. The molecule has 5 aliphatic rings. The molecule has 17 rings (SSSR count). The van der Waals surface area contributed by atoms with E-state index in [-0.39, 0.29) is 13.4 Å². The summed E-state index contributed by atoms with van der Waals surface area (Å²) in [7, 11) is 0. The maximum absolute atomic E-state index is 7.60. The molecule has 0 fully saturated rings. The van der Waals surface area contributed by atoms with Crippen molar-refractivity contribution in [3.8, 4) is 44.9 Å². The number of furan rings is 1. The molecule has 5 aliphatic heterocycles. The third-order valence-electron chi connectivity index (χ3n) is 16.7. The highest BCUT2D eigenvalue weighted by atomic mass is 16.3. The van der Waals surface area contributed by atoms with E-state index in [4.69, 9.17) is 4.42 Å². The predicted molar refractivity (Wildman–Crippen MR) is 322 cm³/mol. The van der Waals surface area contributed by atoms with Crippen LogP contribution in [0.2, 0.25) is 0 Å². The van der Waals surface area contributed by atoms with Crippen molar-refractivity contribution in [1.82, 2.24) is 0 Å². The molecule has 0 unspecified atom stereocenters. The Morgan fingerprint density at radius 3 is 1.09 bits per heavy atom. The molecule has 0 aliphatic carbocycles. The van der Waals surface area contributed by atoms with Crippen molar-refractivity contribution in [2.75, 3.05) is 19.6 Å². The van der Waals surface area contributed by atoms with E-state index >= 15 is 0 Å². The number of fused-ring (bicyclic) bond motifs is 11. The zero-order valence-electron chi connectivity index (χ0n) is 41.8. The van der Waals surface area contributed by atoms with Gasteiger partial charge in [0.05, 0.1) is 11.4 Å². The molecule has 0 saturated heterocycles. The van der Waals surface area contributed by atoms with E-state index in [0.29, 0.717) is 0 Å². The fraction of sp³-hybridized carbons (Fsp3) is 0. The molecule has 6 heterocycles. The Labute approximate surface area is 448 Å². The highest BCUT2D eigenvalue weighted by Gasteiger charge is 2.53. The minimum atomic E-state index is -0.103. The van der Waals surface area contributed by atoms with Crippen molar-refractivity contribution in [1.29, 1.82) is 0 Å². The second-order valence-electron chi connectivity index (χ2n) is 20.7. The van der Waals surface area contributed by atoms with Gasteiger partial charge >= 0.3 is 0 Å². The Bertz CT molecular complexity index is 4360. The standard InChI is InChI=1S/C70H44B2N4O/c1-7-21-45(22-8-1)49-38-42-57-56(43-49)72-55-41-40-54-65-66(55)76(61-36-19-33-58(64(61)72)73(57)51-29-15-5-16-30-51)68-67(69(47-25-11-3-12-26-47)77-70(68)48-27-13-4-14-28-48)75(65)60-35-20-34-59-63(60)71(54)53-39-37-50(46-23-9-2-10-24-46)44-62(53)74(59)52-31-17-6-18-32-52/h1-44H. The SMILES string of the molecule is c1ccc(-c2ccc3c(c2)B2c4ccc5c6c4N(c4cccc(c42)N3c2ccccc2)c2c(-c3ccccc3)oc(-c3ccccc3)c2N6c2cccc3c2B5c2ccc(-c4ccccc4)cc2N3c2ccccc2)cc1. The molecule has 5 nitrogen and oxygen atoms in total. The maximum atomic E-state index is 7.60. The fourth-order valence-electron chi connectivity index (χ4n) is 13.6. The molecule has 0 spiro atoms. The lowest BCUT2D eigenvalue weighted by molar-refractivity contribution is 0.598. The van der Waals surface area contributed by atoms with Crippen LogP contribution in [0, 0.1) is 0 Å². The normalized spacial score (nSPS) is 13.6. The number of rotatable bonds is 6. The number of anilines is 12. The summed E-state index contributed by atoms with van der Waals surface area (Å²) in [5.41, 5.74) is 28.1. The first-order valence-electron chi connectivity index (χ1n) is 26.7. The van der Waals surface area contributed by atoms with Gasteiger partial charge in [-0.05, 0) is 116 Å². The number of nitrogens with zero attached hydrogens (tertiary/aromatic N) is 4. The van der Waals surface area contributed by atoms with Crippen LogP contribution in [0.15, 0.2) is 271 Å². The maximum Gasteiger partial charge on any atom is 0.252 e. The van der Waals surface area contributed by atoms with E-state index in [1.165, 1.54) is 89.2 Å². The van der Waals surface area contributed by atoms with Crippen LogP contribution < -0.4 is 52.4 Å². The summed E-state index contributed by atoms with van der Waals surface area (Å²) in [6, 6.07) is 98.1. The highest BCUT2D eigenvalue weighted by molar-refractivity contribution is 7.03. The molecule has 77 heavy (non-hydrogen) atoms. The van der Waals surface area contributed by atoms with Crippen LogP contribution >= 0.6 is 0 Å². The molecule has 11 aromatic carbocycles. The predicted octanol–water partition coefficient (Wildman–Crippen LogP) is 14.4. The molecule has 0 amide bonds. The fourth-order valence-corrected chi connectivity index (χ4v) is 13.6. The van der Waals surface area contributed by atoms with Crippen molar-refractivity contribution < 1.29 is 4.42 Å². The van der Waals surface area contributed by atoms with Gasteiger partial charge < -0.3 is 24.0 Å². The van der Waals surface area contributed by atoms with Crippen LogP contribution in [-0.2, 0) is 0 Å². The molecular formula is C70H44B2N4O. The molecule has 0 N–H and O–H groups in total. The van der Waals surface area contributed by atoms with Gasteiger partial charge in [0.25, 0.3) is 13.4 Å². The summed E-state index contributed by atoms with van der Waals surface area (Å²) < 4.78 is 7.60. The second-order valence-corrected chi connectivity index (χ2v) is 20.7. The summed E-state index contributed by atoms with van der Waals surface area (Å²) in [6.45, 7) is -0.194. The molecule has 7 heteroatoms. The van der Waals surface area contributed by atoms with Crippen molar-refractivity contribution in [2.24, 2.45) is 0 Å². The lowest BCUT2D eigenvalue weighted by Crippen LogP contribution is -2.65. The van der Waals surface area contributed by atoms with Crippen LogP contribution in [0.3, 0.4) is 0 Å². The molecule has 0 radical (unpaired) electrons. The number of hydrogen-bond acceptors (Lipinski definition) is 5. The quantitative estimate of drug-likeness (QED) is 0.155. The van der Waals surface area contributed by atoms with E-state index in [2.05, 4.69) is 287 Å². The Balaban J connectivity index is 1.01. The molecule has 0 bridgehead atoms. The van der Waals surface area contributed by atoms with E-state index in [0.717, 1.165) is 56.8 Å². The van der Waals surface area contributed by atoms with E-state index in [9.17, 15) is 0 Å². The van der Waals surface area contributed by atoms with Crippen LogP contribution in [0.5, 0.6) is 0 Å². The third-order valence-corrected chi connectivity index (χ3v) is 16.7. The second kappa shape index (κ2) is 16.3. The number of benzene rings is 11. The van der Waals surface area contributed by atoms with Gasteiger partial charge in [-0.1, -0.05) is 206 Å². The molecule has 12 aromatic rings. The minimum Gasteiger partial charge on any atom is -0.452 e.